The minimum atomic E-state index is -0.297. The number of amides is 1. The molecule has 144 valence electrons. The van der Waals surface area contributed by atoms with Gasteiger partial charge in [-0.25, -0.2) is 0 Å². The van der Waals surface area contributed by atoms with Crippen LogP contribution in [0.1, 0.15) is 15.9 Å². The first kappa shape index (κ1) is 20.7. The molecule has 0 saturated heterocycles. The van der Waals surface area contributed by atoms with E-state index in [1.165, 1.54) is 23.1 Å². The second-order valence-electron chi connectivity index (χ2n) is 5.62. The van der Waals surface area contributed by atoms with Crippen molar-refractivity contribution in [1.29, 1.82) is 0 Å². The number of benzene rings is 2. The normalized spacial score (nSPS) is 10.6. The van der Waals surface area contributed by atoms with Gasteiger partial charge in [-0.15, -0.1) is 10.2 Å². The highest BCUT2D eigenvalue weighted by molar-refractivity contribution is 9.10. The highest BCUT2D eigenvalue weighted by Crippen LogP contribution is 2.26. The van der Waals surface area contributed by atoms with Crippen LogP contribution in [0.2, 0.25) is 0 Å². The third-order valence-electron chi connectivity index (χ3n) is 3.49. The molecule has 6 nitrogen and oxygen atoms in total. The van der Waals surface area contributed by atoms with Crippen molar-refractivity contribution < 1.29 is 14.3 Å². The molecule has 0 spiro atoms. The summed E-state index contributed by atoms with van der Waals surface area (Å²) in [5.41, 5.74) is 1.64. The predicted molar refractivity (Wildman–Crippen MR) is 114 cm³/mol. The van der Waals surface area contributed by atoms with E-state index in [1.807, 2.05) is 42.5 Å². The summed E-state index contributed by atoms with van der Waals surface area (Å²) >= 11 is 5.86. The smallest absolute Gasteiger partial charge is 0.252 e. The molecule has 0 aliphatic heterocycles. The number of hydrogen-bond donors (Lipinski definition) is 1. The topological polar surface area (TPSA) is 81.2 Å². The standard InChI is InChI=1S/C19H16BrN3O3S2/c20-15-8-6-14(7-9-15)16(24)12-27-19-23-22-18(28-19)21-17(25)11-26-10-13-4-2-1-3-5-13/h1-9H,10-12H2,(H,21,22,25). The molecule has 0 fully saturated rings. The summed E-state index contributed by atoms with van der Waals surface area (Å²) in [5.74, 6) is -0.0353. The Bertz CT molecular complexity index is 933. The molecule has 1 N–H and O–H groups in total. The fraction of sp³-hybridized carbons (Fsp3) is 0.158. The van der Waals surface area contributed by atoms with Gasteiger partial charge < -0.3 is 4.74 Å². The van der Waals surface area contributed by atoms with Gasteiger partial charge in [0.05, 0.1) is 12.4 Å². The fourth-order valence-electron chi connectivity index (χ4n) is 2.16. The van der Waals surface area contributed by atoms with Crippen molar-refractivity contribution in [3.8, 4) is 0 Å². The number of carbonyl (C=O) groups is 2. The van der Waals surface area contributed by atoms with Crippen molar-refractivity contribution in [1.82, 2.24) is 10.2 Å². The molecule has 0 radical (unpaired) electrons. The maximum absolute atomic E-state index is 12.2. The number of ether oxygens (including phenoxy) is 1. The van der Waals surface area contributed by atoms with Gasteiger partial charge in [0.2, 0.25) is 5.13 Å². The minimum absolute atomic E-state index is 0.00703. The highest BCUT2D eigenvalue weighted by atomic mass is 79.9. The van der Waals surface area contributed by atoms with E-state index in [9.17, 15) is 9.59 Å². The summed E-state index contributed by atoms with van der Waals surface area (Å²) in [6.07, 6.45) is 0. The third kappa shape index (κ3) is 6.52. The Morgan fingerprint density at radius 1 is 1.07 bits per heavy atom. The molecule has 0 saturated carbocycles. The Hall–Kier alpha value is -2.07. The number of anilines is 1. The number of Topliss-reactive ketones (excluding diaryl/α,β-unsaturated/α-hetero) is 1. The summed E-state index contributed by atoms with van der Waals surface area (Å²) in [6.45, 7) is 0.294. The molecular formula is C19H16BrN3O3S2. The fourth-order valence-corrected chi connectivity index (χ4v) is 4.08. The molecule has 28 heavy (non-hydrogen) atoms. The van der Waals surface area contributed by atoms with Gasteiger partial charge in [0.15, 0.2) is 10.1 Å². The maximum atomic E-state index is 12.2. The lowest BCUT2D eigenvalue weighted by Gasteiger charge is -2.03. The first-order chi connectivity index (χ1) is 13.6. The van der Waals surface area contributed by atoms with Crippen LogP contribution >= 0.6 is 39.0 Å². The molecule has 0 aliphatic carbocycles. The van der Waals surface area contributed by atoms with E-state index in [0.717, 1.165) is 10.0 Å². The minimum Gasteiger partial charge on any atom is -0.367 e. The molecule has 3 aromatic rings. The summed E-state index contributed by atoms with van der Waals surface area (Å²) in [7, 11) is 0. The summed E-state index contributed by atoms with van der Waals surface area (Å²) in [5, 5.41) is 11.0. The number of nitrogens with zero attached hydrogens (tertiary/aromatic N) is 2. The van der Waals surface area contributed by atoms with E-state index in [-0.39, 0.29) is 24.1 Å². The average Bonchev–Trinajstić information content (AvgIpc) is 3.14. The summed E-state index contributed by atoms with van der Waals surface area (Å²) in [6, 6.07) is 16.8. The van der Waals surface area contributed by atoms with Crippen molar-refractivity contribution >= 4 is 55.9 Å². The average molecular weight is 478 g/mol. The lowest BCUT2D eigenvalue weighted by molar-refractivity contribution is -0.121. The number of ketones is 1. The molecular weight excluding hydrogens is 462 g/mol. The van der Waals surface area contributed by atoms with E-state index in [1.54, 1.807) is 12.1 Å². The zero-order chi connectivity index (χ0) is 19.8. The Morgan fingerprint density at radius 2 is 1.82 bits per heavy atom. The van der Waals surface area contributed by atoms with Crippen LogP contribution in [-0.2, 0) is 16.1 Å². The van der Waals surface area contributed by atoms with Gasteiger partial charge in [0, 0.05) is 10.0 Å². The number of halogens is 1. The quantitative estimate of drug-likeness (QED) is 0.279. The van der Waals surface area contributed by atoms with E-state index in [0.29, 0.717) is 21.6 Å². The van der Waals surface area contributed by atoms with Crippen molar-refractivity contribution in [2.75, 3.05) is 17.7 Å². The number of aromatic nitrogens is 2. The van der Waals surface area contributed by atoms with Crippen LogP contribution in [0.4, 0.5) is 5.13 Å². The Balaban J connectivity index is 1.41. The zero-order valence-electron chi connectivity index (χ0n) is 14.6. The SMILES string of the molecule is O=C(COCc1ccccc1)Nc1nnc(SCC(=O)c2ccc(Br)cc2)s1. The Morgan fingerprint density at radius 3 is 2.57 bits per heavy atom. The largest absolute Gasteiger partial charge is 0.367 e. The van der Waals surface area contributed by atoms with Crippen molar-refractivity contribution in [3.63, 3.8) is 0 Å². The van der Waals surface area contributed by atoms with Crippen LogP contribution in [-0.4, -0.2) is 34.2 Å². The number of thioether (sulfide) groups is 1. The third-order valence-corrected chi connectivity index (χ3v) is 5.99. The molecule has 3 rings (SSSR count). The van der Waals surface area contributed by atoms with Gasteiger partial charge in [-0.05, 0) is 17.7 Å². The van der Waals surface area contributed by atoms with Gasteiger partial charge in [-0.2, -0.15) is 0 Å². The number of hydrogen-bond acceptors (Lipinski definition) is 7. The van der Waals surface area contributed by atoms with E-state index < -0.39 is 0 Å². The number of rotatable bonds is 9. The molecule has 0 aliphatic rings. The summed E-state index contributed by atoms with van der Waals surface area (Å²) < 4.78 is 6.93. The van der Waals surface area contributed by atoms with Gasteiger partial charge in [-0.1, -0.05) is 81.5 Å². The zero-order valence-corrected chi connectivity index (χ0v) is 17.9. The number of carbonyl (C=O) groups excluding carboxylic acids is 2. The van der Waals surface area contributed by atoms with Crippen LogP contribution in [0.15, 0.2) is 63.4 Å². The maximum Gasteiger partial charge on any atom is 0.252 e. The first-order valence-corrected chi connectivity index (χ1v) is 10.9. The highest BCUT2D eigenvalue weighted by Gasteiger charge is 2.12. The molecule has 9 heteroatoms. The van der Waals surface area contributed by atoms with Crippen LogP contribution in [0, 0.1) is 0 Å². The van der Waals surface area contributed by atoms with E-state index in [2.05, 4.69) is 31.4 Å². The lowest BCUT2D eigenvalue weighted by atomic mass is 10.2. The molecule has 2 aromatic carbocycles. The van der Waals surface area contributed by atoms with E-state index >= 15 is 0 Å². The molecule has 1 aromatic heterocycles. The molecule has 0 unspecified atom stereocenters. The van der Waals surface area contributed by atoms with Crippen LogP contribution in [0.25, 0.3) is 0 Å². The number of nitrogens with one attached hydrogen (secondary N) is 1. The molecule has 0 atom stereocenters. The Kier molecular flexibility index (Phi) is 7.72. The monoisotopic (exact) mass is 477 g/mol. The second-order valence-corrected chi connectivity index (χ2v) is 8.73. The molecule has 1 heterocycles. The lowest BCUT2D eigenvalue weighted by Crippen LogP contribution is -2.18. The summed E-state index contributed by atoms with van der Waals surface area (Å²) in [4.78, 5) is 24.1. The molecule has 1 amide bonds. The first-order valence-electron chi connectivity index (χ1n) is 8.27. The van der Waals surface area contributed by atoms with Crippen LogP contribution in [0.3, 0.4) is 0 Å². The predicted octanol–water partition coefficient (Wildman–Crippen LogP) is 4.43. The van der Waals surface area contributed by atoms with Gasteiger partial charge in [0.25, 0.3) is 5.91 Å². The van der Waals surface area contributed by atoms with Gasteiger partial charge >= 0.3 is 0 Å². The van der Waals surface area contributed by atoms with Crippen molar-refractivity contribution in [3.05, 3.63) is 70.2 Å². The van der Waals surface area contributed by atoms with E-state index in [4.69, 9.17) is 4.74 Å². The van der Waals surface area contributed by atoms with Gasteiger partial charge in [-0.3, -0.25) is 14.9 Å². The van der Waals surface area contributed by atoms with Gasteiger partial charge in [0.1, 0.15) is 6.61 Å². The Labute approximate surface area is 178 Å². The van der Waals surface area contributed by atoms with Crippen LogP contribution in [0.5, 0.6) is 0 Å². The second kappa shape index (κ2) is 10.5. The molecule has 0 bridgehead atoms. The van der Waals surface area contributed by atoms with Crippen LogP contribution < -0.4 is 5.32 Å². The van der Waals surface area contributed by atoms with Crippen molar-refractivity contribution in [2.45, 2.75) is 10.9 Å². The van der Waals surface area contributed by atoms with Crippen molar-refractivity contribution in [2.24, 2.45) is 0 Å².